The van der Waals surface area contributed by atoms with Crippen LogP contribution in [-0.2, 0) is 6.54 Å². The lowest BCUT2D eigenvalue weighted by Crippen LogP contribution is -2.22. The molecule has 0 aliphatic heterocycles. The highest BCUT2D eigenvalue weighted by atomic mass is 35.5. The molecule has 0 aliphatic carbocycles. The number of hydrogen-bond donors (Lipinski definition) is 1. The first-order valence-electron chi connectivity index (χ1n) is 6.35. The van der Waals surface area contributed by atoms with Crippen LogP contribution in [0.2, 0.25) is 10.0 Å². The Labute approximate surface area is 123 Å². The largest absolute Gasteiger partial charge is 0.299 e. The van der Waals surface area contributed by atoms with Crippen molar-refractivity contribution in [3.05, 3.63) is 40.0 Å². The Bertz CT molecular complexity index is 547. The lowest BCUT2D eigenvalue weighted by Gasteiger charge is -2.18. The van der Waals surface area contributed by atoms with Crippen LogP contribution in [0.25, 0.3) is 11.3 Å². The number of halogens is 2. The van der Waals surface area contributed by atoms with Crippen molar-refractivity contribution in [2.45, 2.75) is 20.4 Å². The number of rotatable bonds is 5. The topological polar surface area (TPSA) is 31.9 Å². The van der Waals surface area contributed by atoms with E-state index in [9.17, 15) is 0 Å². The van der Waals surface area contributed by atoms with Gasteiger partial charge in [-0.3, -0.25) is 10.00 Å². The molecule has 1 heterocycles. The van der Waals surface area contributed by atoms with Crippen LogP contribution in [0.3, 0.4) is 0 Å². The third kappa shape index (κ3) is 3.30. The molecule has 102 valence electrons. The SMILES string of the molecule is CCN(CC)Cc1cn[nH]c1-c1ccc(Cl)cc1Cl. The highest BCUT2D eigenvalue weighted by Gasteiger charge is 2.13. The summed E-state index contributed by atoms with van der Waals surface area (Å²) in [5, 5.41) is 8.45. The van der Waals surface area contributed by atoms with Crippen LogP contribution in [-0.4, -0.2) is 28.2 Å². The van der Waals surface area contributed by atoms with E-state index in [1.165, 1.54) is 0 Å². The second-order valence-electron chi connectivity index (χ2n) is 4.36. The highest BCUT2D eigenvalue weighted by molar-refractivity contribution is 6.36. The molecule has 0 amide bonds. The van der Waals surface area contributed by atoms with Crippen molar-refractivity contribution in [2.75, 3.05) is 13.1 Å². The molecule has 2 aromatic rings. The van der Waals surface area contributed by atoms with E-state index in [-0.39, 0.29) is 0 Å². The van der Waals surface area contributed by atoms with Gasteiger partial charge in [0.1, 0.15) is 0 Å². The Balaban J connectivity index is 2.33. The molecule has 0 aliphatic rings. The molecule has 1 aromatic carbocycles. The molecule has 0 unspecified atom stereocenters. The van der Waals surface area contributed by atoms with Crippen LogP contribution in [0.4, 0.5) is 0 Å². The van der Waals surface area contributed by atoms with Gasteiger partial charge in [-0.2, -0.15) is 5.10 Å². The summed E-state index contributed by atoms with van der Waals surface area (Å²) in [5.41, 5.74) is 3.05. The van der Waals surface area contributed by atoms with Gasteiger partial charge >= 0.3 is 0 Å². The van der Waals surface area contributed by atoms with Gasteiger partial charge in [0.2, 0.25) is 0 Å². The number of benzene rings is 1. The third-order valence-electron chi connectivity index (χ3n) is 3.21. The van der Waals surface area contributed by atoms with Gasteiger partial charge in [-0.25, -0.2) is 0 Å². The molecule has 0 bridgehead atoms. The number of H-pyrrole nitrogens is 1. The van der Waals surface area contributed by atoms with Crippen LogP contribution in [0.5, 0.6) is 0 Å². The van der Waals surface area contributed by atoms with E-state index >= 15 is 0 Å². The lowest BCUT2D eigenvalue weighted by atomic mass is 10.1. The standard InChI is InChI=1S/C14H17Cl2N3/c1-3-19(4-2)9-10-8-17-18-14(10)12-6-5-11(15)7-13(12)16/h5-8H,3-4,9H2,1-2H3,(H,17,18). The van der Waals surface area contributed by atoms with Gasteiger partial charge < -0.3 is 0 Å². The molecule has 19 heavy (non-hydrogen) atoms. The molecule has 2 rings (SSSR count). The Kier molecular flexibility index (Phi) is 4.86. The predicted octanol–water partition coefficient (Wildman–Crippen LogP) is 4.23. The summed E-state index contributed by atoms with van der Waals surface area (Å²) in [6.45, 7) is 7.18. The predicted molar refractivity (Wildman–Crippen MR) is 80.7 cm³/mol. The minimum absolute atomic E-state index is 0.637. The molecule has 1 N–H and O–H groups in total. The summed E-state index contributed by atoms with van der Waals surface area (Å²) >= 11 is 12.2. The number of aromatic amines is 1. The Morgan fingerprint density at radius 1 is 1.21 bits per heavy atom. The zero-order valence-corrected chi connectivity index (χ0v) is 12.6. The lowest BCUT2D eigenvalue weighted by molar-refractivity contribution is 0.296. The second-order valence-corrected chi connectivity index (χ2v) is 5.20. The van der Waals surface area contributed by atoms with Gasteiger partial charge in [-0.05, 0) is 31.3 Å². The van der Waals surface area contributed by atoms with Crippen molar-refractivity contribution >= 4 is 23.2 Å². The van der Waals surface area contributed by atoms with Crippen molar-refractivity contribution in [1.29, 1.82) is 0 Å². The average molecular weight is 298 g/mol. The van der Waals surface area contributed by atoms with E-state index < -0.39 is 0 Å². The molecule has 3 nitrogen and oxygen atoms in total. The highest BCUT2D eigenvalue weighted by Crippen LogP contribution is 2.31. The molecule has 0 saturated heterocycles. The van der Waals surface area contributed by atoms with Crippen LogP contribution in [0.1, 0.15) is 19.4 Å². The molecular weight excluding hydrogens is 281 g/mol. The summed E-state index contributed by atoms with van der Waals surface area (Å²) in [5.74, 6) is 0. The Morgan fingerprint density at radius 3 is 2.58 bits per heavy atom. The fourth-order valence-electron chi connectivity index (χ4n) is 2.04. The minimum atomic E-state index is 0.637. The van der Waals surface area contributed by atoms with E-state index in [0.29, 0.717) is 10.0 Å². The Hall–Kier alpha value is -1.03. The quantitative estimate of drug-likeness (QED) is 0.896. The summed E-state index contributed by atoms with van der Waals surface area (Å²) in [6.07, 6.45) is 1.86. The molecule has 0 spiro atoms. The van der Waals surface area contributed by atoms with Gasteiger partial charge in [0.05, 0.1) is 16.9 Å². The summed E-state index contributed by atoms with van der Waals surface area (Å²) in [7, 11) is 0. The van der Waals surface area contributed by atoms with Crippen LogP contribution < -0.4 is 0 Å². The normalized spacial score (nSPS) is 11.2. The summed E-state index contributed by atoms with van der Waals surface area (Å²) < 4.78 is 0. The fourth-order valence-corrected chi connectivity index (χ4v) is 2.55. The average Bonchev–Trinajstić information content (AvgIpc) is 2.84. The zero-order valence-electron chi connectivity index (χ0n) is 11.1. The third-order valence-corrected chi connectivity index (χ3v) is 3.75. The summed E-state index contributed by atoms with van der Waals surface area (Å²) in [6, 6.07) is 5.51. The van der Waals surface area contributed by atoms with Gasteiger partial charge in [-0.1, -0.05) is 37.0 Å². The van der Waals surface area contributed by atoms with Crippen molar-refractivity contribution in [2.24, 2.45) is 0 Å². The van der Waals surface area contributed by atoms with Crippen LogP contribution in [0, 0.1) is 0 Å². The first-order valence-corrected chi connectivity index (χ1v) is 7.11. The van der Waals surface area contributed by atoms with Gasteiger partial charge in [0.25, 0.3) is 0 Å². The molecule has 0 fully saturated rings. The number of nitrogens with zero attached hydrogens (tertiary/aromatic N) is 2. The van der Waals surface area contributed by atoms with Crippen molar-refractivity contribution in [3.63, 3.8) is 0 Å². The maximum Gasteiger partial charge on any atom is 0.0710 e. The fraction of sp³-hybridized carbons (Fsp3) is 0.357. The van der Waals surface area contributed by atoms with E-state index in [2.05, 4.69) is 28.9 Å². The molecule has 0 saturated carbocycles. The molecular formula is C14H17Cl2N3. The van der Waals surface area contributed by atoms with Gasteiger partial charge in [0.15, 0.2) is 0 Å². The van der Waals surface area contributed by atoms with E-state index in [4.69, 9.17) is 23.2 Å². The van der Waals surface area contributed by atoms with Gasteiger partial charge in [-0.15, -0.1) is 0 Å². The monoisotopic (exact) mass is 297 g/mol. The van der Waals surface area contributed by atoms with Gasteiger partial charge in [0, 0.05) is 22.7 Å². The minimum Gasteiger partial charge on any atom is -0.299 e. The maximum absolute atomic E-state index is 6.25. The first kappa shape index (κ1) is 14.4. The first-order chi connectivity index (χ1) is 9.15. The second kappa shape index (κ2) is 6.42. The smallest absolute Gasteiger partial charge is 0.0710 e. The molecule has 0 radical (unpaired) electrons. The molecule has 1 aromatic heterocycles. The van der Waals surface area contributed by atoms with E-state index in [1.807, 2.05) is 18.3 Å². The number of aromatic nitrogens is 2. The van der Waals surface area contributed by atoms with Crippen LogP contribution in [0.15, 0.2) is 24.4 Å². The van der Waals surface area contributed by atoms with E-state index in [1.54, 1.807) is 6.07 Å². The Morgan fingerprint density at radius 2 is 1.95 bits per heavy atom. The number of hydrogen-bond acceptors (Lipinski definition) is 2. The molecule has 5 heteroatoms. The van der Waals surface area contributed by atoms with E-state index in [0.717, 1.165) is 36.5 Å². The van der Waals surface area contributed by atoms with Crippen molar-refractivity contribution in [1.82, 2.24) is 15.1 Å². The van der Waals surface area contributed by atoms with Crippen LogP contribution >= 0.6 is 23.2 Å². The molecule has 0 atom stereocenters. The van der Waals surface area contributed by atoms with Crippen molar-refractivity contribution in [3.8, 4) is 11.3 Å². The van der Waals surface area contributed by atoms with Crippen molar-refractivity contribution < 1.29 is 0 Å². The zero-order chi connectivity index (χ0) is 13.8. The maximum atomic E-state index is 6.25. The summed E-state index contributed by atoms with van der Waals surface area (Å²) in [4.78, 5) is 2.33. The number of nitrogens with one attached hydrogen (secondary N) is 1.